The molecule has 0 atom stereocenters. The predicted molar refractivity (Wildman–Crippen MR) is 105 cm³/mol. The molecule has 26 heavy (non-hydrogen) atoms. The van der Waals surface area contributed by atoms with Crippen LogP contribution in [-0.2, 0) is 9.63 Å². The molecule has 1 aromatic heterocycles. The highest BCUT2D eigenvalue weighted by Gasteiger charge is 2.34. The van der Waals surface area contributed by atoms with Crippen molar-refractivity contribution < 1.29 is 9.63 Å². The van der Waals surface area contributed by atoms with E-state index in [1.165, 1.54) is 0 Å². The first kappa shape index (κ1) is 19.5. The molecule has 3 rings (SSSR count). The Morgan fingerprint density at radius 1 is 1.19 bits per heavy atom. The van der Waals surface area contributed by atoms with E-state index < -0.39 is 5.41 Å². The number of piperazine rings is 2. The van der Waals surface area contributed by atoms with Gasteiger partial charge in [-0.25, -0.2) is 9.78 Å². The number of aromatic nitrogens is 1. The summed E-state index contributed by atoms with van der Waals surface area (Å²) in [7, 11) is 0. The minimum absolute atomic E-state index is 0.147. The van der Waals surface area contributed by atoms with Crippen LogP contribution in [0.25, 0.3) is 0 Å². The maximum atomic E-state index is 12.7. The van der Waals surface area contributed by atoms with Gasteiger partial charge in [-0.2, -0.15) is 0 Å². The second-order valence-electron chi connectivity index (χ2n) is 7.54. The highest BCUT2D eigenvalue weighted by Crippen LogP contribution is 2.22. The van der Waals surface area contributed by atoms with Gasteiger partial charge in [-0.15, -0.1) is 5.06 Å². The molecule has 0 unspecified atom stereocenters. The number of halogens is 1. The van der Waals surface area contributed by atoms with Crippen LogP contribution in [0.4, 0.5) is 5.82 Å². The van der Waals surface area contributed by atoms with Gasteiger partial charge >= 0.3 is 5.97 Å². The zero-order valence-corrected chi connectivity index (χ0v) is 17.2. The van der Waals surface area contributed by atoms with Gasteiger partial charge in [0.1, 0.15) is 5.82 Å². The molecule has 0 saturated carbocycles. The second kappa shape index (κ2) is 8.65. The zero-order chi connectivity index (χ0) is 18.6. The van der Waals surface area contributed by atoms with E-state index in [-0.39, 0.29) is 5.97 Å². The Labute approximate surface area is 163 Å². The second-order valence-corrected chi connectivity index (χ2v) is 8.46. The summed E-state index contributed by atoms with van der Waals surface area (Å²) in [5.74, 6) is 0.810. The monoisotopic (exact) mass is 425 g/mol. The number of pyridine rings is 1. The van der Waals surface area contributed by atoms with Crippen LogP contribution >= 0.6 is 15.9 Å². The molecule has 0 spiro atoms. The number of carbonyl (C=O) groups is 1. The first-order valence-corrected chi connectivity index (χ1v) is 10.0. The summed E-state index contributed by atoms with van der Waals surface area (Å²) in [5, 5.41) is 5.13. The van der Waals surface area contributed by atoms with Gasteiger partial charge in [0, 0.05) is 56.5 Å². The first-order chi connectivity index (χ1) is 12.4. The molecule has 2 aliphatic heterocycles. The topological polar surface area (TPSA) is 60.9 Å². The molecule has 144 valence electrons. The lowest BCUT2D eigenvalue weighted by atomic mass is 9.93. The largest absolute Gasteiger partial charge is 0.367 e. The molecule has 1 N–H and O–H groups in total. The van der Waals surface area contributed by atoms with Crippen molar-refractivity contribution in [1.82, 2.24) is 20.3 Å². The van der Waals surface area contributed by atoms with E-state index in [4.69, 9.17) is 4.84 Å². The Kier molecular flexibility index (Phi) is 6.50. The molecule has 1 aromatic rings. The molecule has 8 heteroatoms. The third-order valence-electron chi connectivity index (χ3n) is 4.87. The lowest BCUT2D eigenvalue weighted by Gasteiger charge is -2.37. The van der Waals surface area contributed by atoms with Crippen LogP contribution in [0.2, 0.25) is 0 Å². The lowest BCUT2D eigenvalue weighted by molar-refractivity contribution is -0.203. The van der Waals surface area contributed by atoms with Gasteiger partial charge in [0.15, 0.2) is 0 Å². The van der Waals surface area contributed by atoms with Gasteiger partial charge in [-0.3, -0.25) is 4.90 Å². The fourth-order valence-corrected chi connectivity index (χ4v) is 3.53. The number of hydrogen-bond acceptors (Lipinski definition) is 7. The van der Waals surface area contributed by atoms with Crippen molar-refractivity contribution in [2.24, 2.45) is 5.41 Å². The number of nitrogens with zero attached hydrogens (tertiary/aromatic N) is 4. The van der Waals surface area contributed by atoms with Crippen molar-refractivity contribution in [2.45, 2.75) is 13.8 Å². The highest BCUT2D eigenvalue weighted by molar-refractivity contribution is 9.10. The van der Waals surface area contributed by atoms with Gasteiger partial charge in [-0.05, 0) is 41.9 Å². The van der Waals surface area contributed by atoms with Crippen molar-refractivity contribution in [2.75, 3.05) is 63.8 Å². The molecule has 0 bridgehead atoms. The Morgan fingerprint density at radius 3 is 2.50 bits per heavy atom. The van der Waals surface area contributed by atoms with Crippen molar-refractivity contribution in [3.63, 3.8) is 0 Å². The molecule has 2 fully saturated rings. The Hall–Kier alpha value is -1.22. The highest BCUT2D eigenvalue weighted by atomic mass is 79.9. The number of anilines is 1. The molecule has 0 radical (unpaired) electrons. The fourth-order valence-electron chi connectivity index (χ4n) is 3.30. The van der Waals surface area contributed by atoms with Crippen LogP contribution in [0, 0.1) is 5.41 Å². The smallest absolute Gasteiger partial charge is 0.331 e. The minimum Gasteiger partial charge on any atom is -0.367 e. The van der Waals surface area contributed by atoms with E-state index in [9.17, 15) is 4.79 Å². The molecular weight excluding hydrogens is 398 g/mol. The van der Waals surface area contributed by atoms with E-state index in [1.54, 1.807) is 11.3 Å². The van der Waals surface area contributed by atoms with E-state index in [0.29, 0.717) is 13.1 Å². The van der Waals surface area contributed by atoms with Crippen molar-refractivity contribution >= 4 is 27.7 Å². The normalized spacial score (nSPS) is 20.2. The number of rotatable bonds is 5. The summed E-state index contributed by atoms with van der Waals surface area (Å²) >= 11 is 3.41. The van der Waals surface area contributed by atoms with Gasteiger partial charge < -0.3 is 15.1 Å². The third kappa shape index (κ3) is 5.16. The maximum Gasteiger partial charge on any atom is 0.331 e. The molecule has 2 aliphatic rings. The molecule has 7 nitrogen and oxygen atoms in total. The average molecular weight is 426 g/mol. The Balaban J connectivity index is 1.47. The van der Waals surface area contributed by atoms with Crippen LogP contribution in [0.5, 0.6) is 0 Å². The Bertz CT molecular complexity index is 596. The molecular formula is C18H28BrN5O2. The average Bonchev–Trinajstić information content (AvgIpc) is 2.63. The van der Waals surface area contributed by atoms with E-state index >= 15 is 0 Å². The first-order valence-electron chi connectivity index (χ1n) is 9.21. The molecule has 0 aliphatic carbocycles. The Morgan fingerprint density at radius 2 is 1.88 bits per heavy atom. The van der Waals surface area contributed by atoms with Crippen LogP contribution in [0.3, 0.4) is 0 Å². The summed E-state index contributed by atoms with van der Waals surface area (Å²) in [6, 6.07) is 4.00. The zero-order valence-electron chi connectivity index (χ0n) is 15.6. The summed E-state index contributed by atoms with van der Waals surface area (Å²) in [6.45, 7) is 11.6. The third-order valence-corrected chi connectivity index (χ3v) is 5.34. The maximum absolute atomic E-state index is 12.7. The van der Waals surface area contributed by atoms with Crippen molar-refractivity contribution in [3.05, 3.63) is 22.8 Å². The van der Waals surface area contributed by atoms with E-state index in [0.717, 1.165) is 56.1 Å². The summed E-state index contributed by atoms with van der Waals surface area (Å²) in [5.41, 5.74) is -0.512. The van der Waals surface area contributed by atoms with Crippen molar-refractivity contribution in [1.29, 1.82) is 0 Å². The van der Waals surface area contributed by atoms with Gasteiger partial charge in [0.2, 0.25) is 0 Å². The van der Waals surface area contributed by atoms with Crippen LogP contribution < -0.4 is 10.2 Å². The summed E-state index contributed by atoms with van der Waals surface area (Å²) in [4.78, 5) is 27.3. The van der Waals surface area contributed by atoms with Crippen molar-refractivity contribution in [3.8, 4) is 0 Å². The van der Waals surface area contributed by atoms with Crippen LogP contribution in [0.1, 0.15) is 13.8 Å². The fraction of sp³-hybridized carbons (Fsp3) is 0.667. The van der Waals surface area contributed by atoms with Crippen LogP contribution in [0.15, 0.2) is 22.8 Å². The van der Waals surface area contributed by atoms with Gasteiger partial charge in [0.25, 0.3) is 0 Å². The number of nitrogens with one attached hydrogen (secondary N) is 1. The predicted octanol–water partition coefficient (Wildman–Crippen LogP) is 1.36. The SMILES string of the molecule is CC(C)(CN1CCNCC1)C(=O)ON1CCN(c2ccc(Br)cn2)CC1. The number of carbonyl (C=O) groups excluding carboxylic acids is 1. The number of hydrogen-bond donors (Lipinski definition) is 1. The minimum atomic E-state index is -0.512. The molecule has 3 heterocycles. The van der Waals surface area contributed by atoms with Gasteiger partial charge in [-0.1, -0.05) is 0 Å². The van der Waals surface area contributed by atoms with Crippen LogP contribution in [-0.4, -0.2) is 79.8 Å². The summed E-state index contributed by atoms with van der Waals surface area (Å²) < 4.78 is 0.973. The van der Waals surface area contributed by atoms with Gasteiger partial charge in [0.05, 0.1) is 18.5 Å². The van der Waals surface area contributed by atoms with E-state index in [2.05, 4.69) is 36.0 Å². The molecule has 2 saturated heterocycles. The lowest BCUT2D eigenvalue weighted by Crippen LogP contribution is -2.51. The quantitative estimate of drug-likeness (QED) is 0.763. The standard InChI is InChI=1S/C18H28BrN5O2/c1-18(2,14-22-7-5-20-6-8-22)17(25)26-24-11-9-23(10-12-24)16-4-3-15(19)13-21-16/h3-4,13,20H,5-12,14H2,1-2H3. The number of hydroxylamine groups is 2. The van der Waals surface area contributed by atoms with E-state index in [1.807, 2.05) is 26.0 Å². The molecule has 0 aromatic carbocycles. The molecule has 0 amide bonds. The summed E-state index contributed by atoms with van der Waals surface area (Å²) in [6.07, 6.45) is 1.81.